The van der Waals surface area contributed by atoms with Gasteiger partial charge in [-0.3, -0.25) is 0 Å². The van der Waals surface area contributed by atoms with Gasteiger partial charge in [-0.2, -0.15) is 0 Å². The first kappa shape index (κ1) is 12.4. The third-order valence-electron chi connectivity index (χ3n) is 3.30. The van der Waals surface area contributed by atoms with Gasteiger partial charge in [0.2, 0.25) is 0 Å². The zero-order valence-corrected chi connectivity index (χ0v) is 10.6. The molecule has 3 nitrogen and oxygen atoms in total. The molecule has 0 aromatic heterocycles. The number of nitrogens with zero attached hydrogens (tertiary/aromatic N) is 1. The van der Waals surface area contributed by atoms with Gasteiger partial charge in [0.1, 0.15) is 0 Å². The van der Waals surface area contributed by atoms with E-state index in [9.17, 15) is 0 Å². The van der Waals surface area contributed by atoms with Crippen molar-refractivity contribution in [1.29, 1.82) is 0 Å². The van der Waals surface area contributed by atoms with Gasteiger partial charge in [-0.1, -0.05) is 25.5 Å². The van der Waals surface area contributed by atoms with Gasteiger partial charge < -0.3 is 15.4 Å². The third kappa shape index (κ3) is 3.20. The van der Waals surface area contributed by atoms with E-state index in [0.717, 1.165) is 39.1 Å². The summed E-state index contributed by atoms with van der Waals surface area (Å²) in [6.45, 7) is 5.80. The Bertz CT molecular complexity index is 331. The molecule has 1 fully saturated rings. The molecule has 2 rings (SSSR count). The van der Waals surface area contributed by atoms with E-state index in [0.29, 0.717) is 0 Å². The van der Waals surface area contributed by atoms with Crippen LogP contribution < -0.4 is 10.6 Å². The quantitative estimate of drug-likeness (QED) is 0.869. The van der Waals surface area contributed by atoms with E-state index in [-0.39, 0.29) is 6.04 Å². The molecule has 1 heterocycles. The summed E-state index contributed by atoms with van der Waals surface area (Å²) in [6, 6.07) is 8.85. The molecule has 1 unspecified atom stereocenters. The molecule has 0 aliphatic carbocycles. The first-order valence-corrected chi connectivity index (χ1v) is 6.49. The molecule has 1 saturated heterocycles. The topological polar surface area (TPSA) is 38.5 Å². The molecule has 0 amide bonds. The maximum atomic E-state index is 6.10. The van der Waals surface area contributed by atoms with Gasteiger partial charge >= 0.3 is 0 Å². The van der Waals surface area contributed by atoms with E-state index in [2.05, 4.69) is 36.1 Å². The summed E-state index contributed by atoms with van der Waals surface area (Å²) >= 11 is 0. The summed E-state index contributed by atoms with van der Waals surface area (Å²) in [5, 5.41) is 0. The van der Waals surface area contributed by atoms with Crippen molar-refractivity contribution in [2.45, 2.75) is 25.8 Å². The maximum absolute atomic E-state index is 6.10. The lowest BCUT2D eigenvalue weighted by Crippen LogP contribution is -2.36. The van der Waals surface area contributed by atoms with E-state index < -0.39 is 0 Å². The molecule has 2 N–H and O–H groups in total. The lowest BCUT2D eigenvalue weighted by molar-refractivity contribution is 0.122. The number of hydrogen-bond donors (Lipinski definition) is 1. The van der Waals surface area contributed by atoms with Crippen molar-refractivity contribution in [3.63, 3.8) is 0 Å². The minimum absolute atomic E-state index is 0.179. The van der Waals surface area contributed by atoms with Gasteiger partial charge in [-0.25, -0.2) is 0 Å². The number of hydrogen-bond acceptors (Lipinski definition) is 3. The van der Waals surface area contributed by atoms with Crippen LogP contribution >= 0.6 is 0 Å². The number of benzene rings is 1. The van der Waals surface area contributed by atoms with Crippen LogP contribution in [0, 0.1) is 0 Å². The number of nitrogens with two attached hydrogens (primary N) is 1. The summed E-state index contributed by atoms with van der Waals surface area (Å²) in [5.74, 6) is 0. The first-order chi connectivity index (χ1) is 8.31. The predicted molar refractivity (Wildman–Crippen MR) is 71.3 cm³/mol. The molecule has 1 aromatic carbocycles. The Kier molecular flexibility index (Phi) is 4.40. The Morgan fingerprint density at radius 1 is 1.24 bits per heavy atom. The first-order valence-electron chi connectivity index (χ1n) is 6.49. The van der Waals surface area contributed by atoms with E-state index in [1.54, 1.807) is 0 Å². The fourth-order valence-electron chi connectivity index (χ4n) is 2.23. The van der Waals surface area contributed by atoms with Crippen LogP contribution in [-0.2, 0) is 4.74 Å². The van der Waals surface area contributed by atoms with Gasteiger partial charge in [-0.15, -0.1) is 0 Å². The average Bonchev–Trinajstić information content (AvgIpc) is 2.40. The molecular formula is C14H22N2O. The van der Waals surface area contributed by atoms with E-state index >= 15 is 0 Å². The van der Waals surface area contributed by atoms with E-state index in [1.165, 1.54) is 11.3 Å². The van der Waals surface area contributed by atoms with Crippen LogP contribution in [0.3, 0.4) is 0 Å². The Balaban J connectivity index is 2.01. The Labute approximate surface area is 104 Å². The summed E-state index contributed by atoms with van der Waals surface area (Å²) in [7, 11) is 0. The van der Waals surface area contributed by atoms with Crippen molar-refractivity contribution in [2.24, 2.45) is 5.73 Å². The molecule has 0 radical (unpaired) electrons. The van der Waals surface area contributed by atoms with Crippen LogP contribution in [0.25, 0.3) is 0 Å². The minimum Gasteiger partial charge on any atom is -0.378 e. The molecule has 1 aromatic rings. The SMILES string of the molecule is CCCC(N)c1ccc(N2CCOCC2)cc1. The number of rotatable bonds is 4. The summed E-state index contributed by atoms with van der Waals surface area (Å²) in [6.07, 6.45) is 2.18. The van der Waals surface area contributed by atoms with Gasteiger partial charge in [0, 0.05) is 24.8 Å². The Hall–Kier alpha value is -1.06. The van der Waals surface area contributed by atoms with Crippen LogP contribution in [0.2, 0.25) is 0 Å². The van der Waals surface area contributed by atoms with E-state index in [4.69, 9.17) is 10.5 Å². The number of anilines is 1. The monoisotopic (exact) mass is 234 g/mol. The molecule has 0 saturated carbocycles. The standard InChI is InChI=1S/C14H22N2O/c1-2-3-14(15)12-4-6-13(7-5-12)16-8-10-17-11-9-16/h4-7,14H,2-3,8-11,15H2,1H3. The van der Waals surface area contributed by atoms with Crippen molar-refractivity contribution < 1.29 is 4.74 Å². The fourth-order valence-corrected chi connectivity index (χ4v) is 2.23. The Morgan fingerprint density at radius 3 is 2.47 bits per heavy atom. The van der Waals surface area contributed by atoms with Crippen LogP contribution in [0.5, 0.6) is 0 Å². The zero-order valence-electron chi connectivity index (χ0n) is 10.6. The largest absolute Gasteiger partial charge is 0.378 e. The molecule has 94 valence electrons. The third-order valence-corrected chi connectivity index (χ3v) is 3.30. The van der Waals surface area contributed by atoms with Crippen molar-refractivity contribution in [3.05, 3.63) is 29.8 Å². The highest BCUT2D eigenvalue weighted by Crippen LogP contribution is 2.21. The molecule has 1 atom stereocenters. The summed E-state index contributed by atoms with van der Waals surface area (Å²) in [5.41, 5.74) is 8.62. The molecule has 0 bridgehead atoms. The normalized spacial score (nSPS) is 18.1. The molecule has 0 spiro atoms. The molecule has 17 heavy (non-hydrogen) atoms. The van der Waals surface area contributed by atoms with Crippen molar-refractivity contribution >= 4 is 5.69 Å². The number of morpholine rings is 1. The average molecular weight is 234 g/mol. The highest BCUT2D eigenvalue weighted by molar-refractivity contribution is 5.48. The summed E-state index contributed by atoms with van der Waals surface area (Å²) < 4.78 is 5.35. The van der Waals surface area contributed by atoms with Crippen LogP contribution in [0.1, 0.15) is 31.4 Å². The van der Waals surface area contributed by atoms with E-state index in [1.807, 2.05) is 0 Å². The van der Waals surface area contributed by atoms with Crippen molar-refractivity contribution in [3.8, 4) is 0 Å². The molecule has 1 aliphatic heterocycles. The number of ether oxygens (including phenoxy) is 1. The lowest BCUT2D eigenvalue weighted by atomic mass is 10.0. The second-order valence-electron chi connectivity index (χ2n) is 4.59. The predicted octanol–water partition coefficient (Wildman–Crippen LogP) is 2.32. The second-order valence-corrected chi connectivity index (χ2v) is 4.59. The van der Waals surface area contributed by atoms with Gasteiger partial charge in [0.15, 0.2) is 0 Å². The van der Waals surface area contributed by atoms with Gasteiger partial charge in [0.05, 0.1) is 13.2 Å². The zero-order chi connectivity index (χ0) is 12.1. The summed E-state index contributed by atoms with van der Waals surface area (Å²) in [4.78, 5) is 2.36. The van der Waals surface area contributed by atoms with Crippen LogP contribution in [0.15, 0.2) is 24.3 Å². The van der Waals surface area contributed by atoms with Gasteiger partial charge in [-0.05, 0) is 24.1 Å². The second kappa shape index (κ2) is 6.03. The smallest absolute Gasteiger partial charge is 0.0642 e. The highest BCUT2D eigenvalue weighted by Gasteiger charge is 2.11. The molecule has 1 aliphatic rings. The Morgan fingerprint density at radius 2 is 1.88 bits per heavy atom. The minimum atomic E-state index is 0.179. The fraction of sp³-hybridized carbons (Fsp3) is 0.571. The van der Waals surface area contributed by atoms with Crippen LogP contribution in [0.4, 0.5) is 5.69 Å². The molecule has 3 heteroatoms. The van der Waals surface area contributed by atoms with Crippen LogP contribution in [-0.4, -0.2) is 26.3 Å². The lowest BCUT2D eigenvalue weighted by Gasteiger charge is -2.29. The van der Waals surface area contributed by atoms with Crippen molar-refractivity contribution in [1.82, 2.24) is 0 Å². The van der Waals surface area contributed by atoms with Gasteiger partial charge in [0.25, 0.3) is 0 Å². The maximum Gasteiger partial charge on any atom is 0.0642 e. The van der Waals surface area contributed by atoms with Crippen molar-refractivity contribution in [2.75, 3.05) is 31.2 Å². The molecular weight excluding hydrogens is 212 g/mol. The highest BCUT2D eigenvalue weighted by atomic mass is 16.5.